The molecule has 0 spiro atoms. The Morgan fingerprint density at radius 1 is 1.13 bits per heavy atom. The van der Waals surface area contributed by atoms with Crippen LogP contribution in [-0.2, 0) is 4.79 Å². The van der Waals surface area contributed by atoms with Gasteiger partial charge in [-0.2, -0.15) is 0 Å². The first-order chi connectivity index (χ1) is 18.4. The normalized spacial score (nSPS) is 11.2. The molecule has 0 aliphatic carbocycles. The number of aromatic nitrogens is 3. The number of rotatable bonds is 11. The van der Waals surface area contributed by atoms with Gasteiger partial charge in [0.05, 0.1) is 29.9 Å². The molecule has 9 heteroatoms. The number of aromatic amines is 1. The number of fused-ring (bicyclic) bond motifs is 1. The number of carbonyl (C=O) groups is 1. The lowest BCUT2D eigenvalue weighted by Gasteiger charge is -2.26. The standard InChI is InChI=1S/C29H33N7O2/c1-6-7-12-28(37)32-24-17-25(27(38-5)18-26(24)36(4)16-15-35(2)3)34-29-30-14-13-23(33-29)21-19-31-22-11-9-8-10-20(21)22/h6-14,17-19,31H,1,15-16H2,2-5H3,(H,32,37)(H,30,33,34)/b12-7-. The topological polar surface area (TPSA) is 98.4 Å². The third kappa shape index (κ3) is 6.19. The molecule has 196 valence electrons. The molecule has 0 bridgehead atoms. The molecule has 0 unspecified atom stereocenters. The van der Waals surface area contributed by atoms with Crippen LogP contribution in [0.4, 0.5) is 23.0 Å². The summed E-state index contributed by atoms with van der Waals surface area (Å²) in [4.78, 5) is 29.2. The second-order valence-corrected chi connectivity index (χ2v) is 9.02. The van der Waals surface area contributed by atoms with Crippen LogP contribution in [0.5, 0.6) is 5.75 Å². The lowest BCUT2D eigenvalue weighted by molar-refractivity contribution is -0.111. The molecule has 38 heavy (non-hydrogen) atoms. The van der Waals surface area contributed by atoms with E-state index in [1.54, 1.807) is 25.5 Å². The fraction of sp³-hybridized carbons (Fsp3) is 0.207. The molecule has 4 rings (SSSR count). The molecular formula is C29H33N7O2. The van der Waals surface area contributed by atoms with Crippen LogP contribution in [0.15, 0.2) is 79.7 Å². The number of H-pyrrole nitrogens is 1. The SMILES string of the molecule is C=C/C=C\C(=O)Nc1cc(Nc2nccc(-c3c[nH]c4ccccc34)n2)c(OC)cc1N(C)CCN(C)C. The van der Waals surface area contributed by atoms with E-state index in [1.165, 1.54) is 6.08 Å². The molecule has 0 radical (unpaired) electrons. The maximum Gasteiger partial charge on any atom is 0.248 e. The fourth-order valence-corrected chi connectivity index (χ4v) is 4.02. The number of nitrogens with zero attached hydrogens (tertiary/aromatic N) is 4. The number of allylic oxidation sites excluding steroid dienone is 2. The highest BCUT2D eigenvalue weighted by Crippen LogP contribution is 2.38. The summed E-state index contributed by atoms with van der Waals surface area (Å²) < 4.78 is 5.72. The van der Waals surface area contributed by atoms with Crippen LogP contribution in [0.1, 0.15) is 0 Å². The first-order valence-electron chi connectivity index (χ1n) is 12.2. The van der Waals surface area contributed by atoms with E-state index in [2.05, 4.69) is 43.0 Å². The molecule has 0 saturated heterocycles. The number of amides is 1. The zero-order valence-corrected chi connectivity index (χ0v) is 22.2. The largest absolute Gasteiger partial charge is 0.494 e. The van der Waals surface area contributed by atoms with Crippen LogP contribution < -0.4 is 20.3 Å². The van der Waals surface area contributed by atoms with Crippen LogP contribution >= 0.6 is 0 Å². The minimum absolute atomic E-state index is 0.263. The Hall–Kier alpha value is -4.63. The summed E-state index contributed by atoms with van der Waals surface area (Å²) in [6, 6.07) is 13.7. The first kappa shape index (κ1) is 26.4. The van der Waals surface area contributed by atoms with Crippen molar-refractivity contribution in [2.24, 2.45) is 0 Å². The van der Waals surface area contributed by atoms with Gasteiger partial charge in [0.25, 0.3) is 0 Å². The van der Waals surface area contributed by atoms with Crippen molar-refractivity contribution in [2.45, 2.75) is 0 Å². The maximum atomic E-state index is 12.6. The van der Waals surface area contributed by atoms with Crippen LogP contribution in [-0.4, -0.2) is 67.1 Å². The summed E-state index contributed by atoms with van der Waals surface area (Å²) >= 11 is 0. The van der Waals surface area contributed by atoms with E-state index in [4.69, 9.17) is 9.72 Å². The van der Waals surface area contributed by atoms with E-state index in [1.807, 2.05) is 63.7 Å². The van der Waals surface area contributed by atoms with E-state index in [9.17, 15) is 4.79 Å². The minimum atomic E-state index is -0.263. The number of methoxy groups -OCH3 is 1. The van der Waals surface area contributed by atoms with Gasteiger partial charge in [-0.3, -0.25) is 4.79 Å². The van der Waals surface area contributed by atoms with Gasteiger partial charge in [0, 0.05) is 61.1 Å². The molecule has 2 aromatic carbocycles. The summed E-state index contributed by atoms with van der Waals surface area (Å²) in [5.41, 5.74) is 4.87. The minimum Gasteiger partial charge on any atom is -0.494 e. The highest BCUT2D eigenvalue weighted by Gasteiger charge is 2.17. The van der Waals surface area contributed by atoms with Crippen LogP contribution in [0.2, 0.25) is 0 Å². The van der Waals surface area contributed by atoms with Crippen molar-refractivity contribution in [3.63, 3.8) is 0 Å². The zero-order valence-electron chi connectivity index (χ0n) is 22.2. The van der Waals surface area contributed by atoms with E-state index < -0.39 is 0 Å². The van der Waals surface area contributed by atoms with Gasteiger partial charge in [-0.05, 0) is 32.3 Å². The fourth-order valence-electron chi connectivity index (χ4n) is 4.02. The van der Waals surface area contributed by atoms with E-state index in [0.29, 0.717) is 23.1 Å². The molecular weight excluding hydrogens is 478 g/mol. The number of hydrogen-bond donors (Lipinski definition) is 3. The molecule has 0 aliphatic rings. The van der Waals surface area contributed by atoms with Crippen molar-refractivity contribution in [1.82, 2.24) is 19.9 Å². The average molecular weight is 512 g/mol. The number of likely N-dealkylation sites (N-methyl/N-ethyl adjacent to an activating group) is 2. The van der Waals surface area contributed by atoms with Gasteiger partial charge in [0.15, 0.2) is 0 Å². The summed E-state index contributed by atoms with van der Waals surface area (Å²) in [6.07, 6.45) is 8.24. The van der Waals surface area contributed by atoms with Crippen molar-refractivity contribution >= 4 is 39.8 Å². The van der Waals surface area contributed by atoms with Gasteiger partial charge in [0.1, 0.15) is 5.75 Å². The van der Waals surface area contributed by atoms with Crippen molar-refractivity contribution < 1.29 is 9.53 Å². The molecule has 0 saturated carbocycles. The Labute approximate surface area is 222 Å². The quantitative estimate of drug-likeness (QED) is 0.191. The Morgan fingerprint density at radius 3 is 2.71 bits per heavy atom. The molecule has 2 heterocycles. The third-order valence-electron chi connectivity index (χ3n) is 6.02. The maximum absolute atomic E-state index is 12.6. The summed E-state index contributed by atoms with van der Waals surface area (Å²) in [6.45, 7) is 5.23. The first-order valence-corrected chi connectivity index (χ1v) is 12.2. The van der Waals surface area contributed by atoms with Crippen molar-refractivity contribution in [2.75, 3.05) is 56.9 Å². The predicted octanol–water partition coefficient (Wildman–Crippen LogP) is 5.06. The molecule has 0 atom stereocenters. The lowest BCUT2D eigenvalue weighted by atomic mass is 10.1. The zero-order chi connectivity index (χ0) is 27.1. The van der Waals surface area contributed by atoms with Crippen molar-refractivity contribution in [3.05, 3.63) is 79.7 Å². The molecule has 2 aromatic heterocycles. The van der Waals surface area contributed by atoms with Crippen molar-refractivity contribution in [3.8, 4) is 17.0 Å². The summed E-state index contributed by atoms with van der Waals surface area (Å²) in [5.74, 6) is 0.738. The molecule has 0 fully saturated rings. The molecule has 9 nitrogen and oxygen atoms in total. The van der Waals surface area contributed by atoms with E-state index in [-0.39, 0.29) is 5.91 Å². The second-order valence-electron chi connectivity index (χ2n) is 9.02. The number of ether oxygens (including phenoxy) is 1. The van der Waals surface area contributed by atoms with Crippen LogP contribution in [0, 0.1) is 0 Å². The highest BCUT2D eigenvalue weighted by molar-refractivity contribution is 6.02. The number of anilines is 4. The number of para-hydroxylation sites is 1. The van der Waals surface area contributed by atoms with E-state index in [0.717, 1.165) is 40.9 Å². The monoisotopic (exact) mass is 511 g/mol. The van der Waals surface area contributed by atoms with E-state index >= 15 is 0 Å². The Bertz CT molecular complexity index is 1460. The lowest BCUT2D eigenvalue weighted by Crippen LogP contribution is -2.29. The molecule has 0 aliphatic heterocycles. The number of carbonyl (C=O) groups excluding carboxylic acids is 1. The van der Waals surface area contributed by atoms with Crippen LogP contribution in [0.25, 0.3) is 22.2 Å². The highest BCUT2D eigenvalue weighted by atomic mass is 16.5. The Kier molecular flexibility index (Phi) is 8.40. The van der Waals surface area contributed by atoms with Gasteiger partial charge in [0.2, 0.25) is 11.9 Å². The van der Waals surface area contributed by atoms with Gasteiger partial charge < -0.3 is 30.2 Å². The van der Waals surface area contributed by atoms with Gasteiger partial charge in [-0.1, -0.05) is 36.9 Å². The smallest absolute Gasteiger partial charge is 0.248 e. The average Bonchev–Trinajstić information content (AvgIpc) is 3.35. The number of nitrogens with one attached hydrogen (secondary N) is 3. The van der Waals surface area contributed by atoms with Gasteiger partial charge in [-0.15, -0.1) is 0 Å². The summed E-state index contributed by atoms with van der Waals surface area (Å²) in [5, 5.41) is 7.33. The number of hydrogen-bond acceptors (Lipinski definition) is 7. The van der Waals surface area contributed by atoms with Gasteiger partial charge >= 0.3 is 0 Å². The Balaban J connectivity index is 1.69. The molecule has 1 amide bonds. The predicted molar refractivity (Wildman–Crippen MR) is 155 cm³/mol. The summed E-state index contributed by atoms with van der Waals surface area (Å²) in [7, 11) is 7.63. The van der Waals surface area contributed by atoms with Crippen molar-refractivity contribution in [1.29, 1.82) is 0 Å². The third-order valence-corrected chi connectivity index (χ3v) is 6.02. The second kappa shape index (κ2) is 12.1. The van der Waals surface area contributed by atoms with Crippen LogP contribution in [0.3, 0.4) is 0 Å². The van der Waals surface area contributed by atoms with Gasteiger partial charge in [-0.25, -0.2) is 9.97 Å². The Morgan fingerprint density at radius 2 is 1.95 bits per heavy atom. The molecule has 3 N–H and O–H groups in total. The molecule has 4 aromatic rings. The number of benzene rings is 2.